The molecule has 0 saturated carbocycles. The van der Waals surface area contributed by atoms with Crippen LogP contribution < -0.4 is 9.47 Å². The number of nitrogens with zero attached hydrogens (tertiary/aromatic N) is 2. The number of fused-ring (bicyclic) bond motifs is 1. The molecule has 7 heteroatoms. The molecular formula is C24H24N2O3S2. The zero-order valence-corrected chi connectivity index (χ0v) is 19.0. The molecule has 160 valence electrons. The third kappa shape index (κ3) is 4.29. The van der Waals surface area contributed by atoms with Crippen molar-refractivity contribution in [3.05, 3.63) is 70.2 Å². The fourth-order valence-corrected chi connectivity index (χ4v) is 6.02. The second kappa shape index (κ2) is 8.93. The van der Waals surface area contributed by atoms with Crippen molar-refractivity contribution in [1.29, 1.82) is 0 Å². The average molecular weight is 453 g/mol. The van der Waals surface area contributed by atoms with Crippen LogP contribution in [-0.4, -0.2) is 35.5 Å². The topological polar surface area (TPSA) is 51.7 Å². The van der Waals surface area contributed by atoms with Crippen molar-refractivity contribution in [2.75, 3.05) is 19.8 Å². The third-order valence-corrected chi connectivity index (χ3v) is 7.85. The Hall–Kier alpha value is -2.51. The van der Waals surface area contributed by atoms with E-state index in [9.17, 15) is 4.79 Å². The molecule has 0 radical (unpaired) electrons. The number of ether oxygens (including phenoxy) is 2. The van der Waals surface area contributed by atoms with Gasteiger partial charge in [0.15, 0.2) is 11.5 Å². The summed E-state index contributed by atoms with van der Waals surface area (Å²) in [6.07, 6.45) is 1.96. The number of amides is 1. The minimum atomic E-state index is 0.0608. The van der Waals surface area contributed by atoms with Gasteiger partial charge < -0.3 is 14.4 Å². The van der Waals surface area contributed by atoms with E-state index < -0.39 is 0 Å². The van der Waals surface area contributed by atoms with Crippen LogP contribution in [0.5, 0.6) is 11.5 Å². The van der Waals surface area contributed by atoms with Crippen LogP contribution in [0.2, 0.25) is 0 Å². The van der Waals surface area contributed by atoms with Crippen LogP contribution in [0.3, 0.4) is 0 Å². The summed E-state index contributed by atoms with van der Waals surface area (Å²) in [6.45, 7) is 3.91. The van der Waals surface area contributed by atoms with Gasteiger partial charge in [-0.15, -0.1) is 11.3 Å². The van der Waals surface area contributed by atoms with E-state index in [1.807, 2.05) is 42.2 Å². The average Bonchev–Trinajstić information content (AvgIpc) is 3.46. The monoisotopic (exact) mass is 452 g/mol. The van der Waals surface area contributed by atoms with Crippen molar-refractivity contribution in [2.45, 2.75) is 35.9 Å². The van der Waals surface area contributed by atoms with Crippen LogP contribution in [0.25, 0.3) is 0 Å². The highest BCUT2D eigenvalue weighted by Gasteiger charge is 2.32. The second-order valence-corrected chi connectivity index (χ2v) is 9.84. The Balaban J connectivity index is 1.37. The van der Waals surface area contributed by atoms with Gasteiger partial charge in [0.05, 0.1) is 6.04 Å². The molecule has 31 heavy (non-hydrogen) atoms. The summed E-state index contributed by atoms with van der Waals surface area (Å²) in [7, 11) is 0. The van der Waals surface area contributed by atoms with E-state index in [0.717, 1.165) is 63.4 Å². The summed E-state index contributed by atoms with van der Waals surface area (Å²) in [5.74, 6) is 2.39. The van der Waals surface area contributed by atoms with Gasteiger partial charge in [0, 0.05) is 28.9 Å². The van der Waals surface area contributed by atoms with Gasteiger partial charge in [-0.3, -0.25) is 4.79 Å². The Morgan fingerprint density at radius 1 is 1.19 bits per heavy atom. The van der Waals surface area contributed by atoms with E-state index in [1.165, 1.54) is 0 Å². The molecule has 1 atom stereocenters. The molecule has 3 aromatic rings. The first-order valence-electron chi connectivity index (χ1n) is 10.5. The number of carbonyl (C=O) groups is 1. The van der Waals surface area contributed by atoms with Gasteiger partial charge in [0.2, 0.25) is 0 Å². The lowest BCUT2D eigenvalue weighted by Crippen LogP contribution is -2.31. The number of carbonyl (C=O) groups excluding carboxylic acids is 1. The summed E-state index contributed by atoms with van der Waals surface area (Å²) in [5.41, 5.74) is 3.99. The molecule has 1 saturated heterocycles. The maximum atomic E-state index is 13.6. The molecular weight excluding hydrogens is 428 g/mol. The maximum absolute atomic E-state index is 13.6. The van der Waals surface area contributed by atoms with Crippen molar-refractivity contribution in [1.82, 2.24) is 9.88 Å². The predicted molar refractivity (Wildman–Crippen MR) is 123 cm³/mol. The van der Waals surface area contributed by atoms with Crippen LogP contribution in [-0.2, 0) is 5.75 Å². The normalized spacial score (nSPS) is 17.7. The highest BCUT2D eigenvalue weighted by Crippen LogP contribution is 2.39. The van der Waals surface area contributed by atoms with Gasteiger partial charge in [0.1, 0.15) is 17.6 Å². The molecule has 3 heterocycles. The number of aryl methyl sites for hydroxylation is 1. The SMILES string of the molecule is Cc1csc(SCc2ccccc2C(=O)N2CCC[C@@H]2c2ccc3c(c2)OCCO3)n1. The third-order valence-electron chi connectivity index (χ3n) is 5.66. The van der Waals surface area contributed by atoms with Gasteiger partial charge in [0.25, 0.3) is 5.91 Å². The minimum Gasteiger partial charge on any atom is -0.486 e. The zero-order valence-electron chi connectivity index (χ0n) is 17.4. The number of likely N-dealkylation sites (tertiary alicyclic amines) is 1. The molecule has 5 nitrogen and oxygen atoms in total. The standard InChI is InChI=1S/C24H24N2O3S2/c1-16-14-30-24(25-16)31-15-18-5-2-3-6-19(18)23(27)26-10-4-7-20(26)17-8-9-21-22(13-17)29-12-11-28-21/h2-3,5-6,8-9,13-14,20H,4,7,10-12,15H2,1H3/t20-/m1/s1. The fourth-order valence-electron chi connectivity index (χ4n) is 4.17. The second-order valence-electron chi connectivity index (χ2n) is 7.76. The lowest BCUT2D eigenvalue weighted by Gasteiger charge is -2.27. The maximum Gasteiger partial charge on any atom is 0.254 e. The molecule has 0 unspecified atom stereocenters. The number of thiazole rings is 1. The van der Waals surface area contributed by atoms with E-state index in [1.54, 1.807) is 23.1 Å². The van der Waals surface area contributed by atoms with Gasteiger partial charge in [-0.25, -0.2) is 4.98 Å². The van der Waals surface area contributed by atoms with E-state index >= 15 is 0 Å². The van der Waals surface area contributed by atoms with Gasteiger partial charge in [-0.2, -0.15) is 0 Å². The Bertz CT molecular complexity index is 1100. The number of aromatic nitrogens is 1. The lowest BCUT2D eigenvalue weighted by molar-refractivity contribution is 0.0734. The summed E-state index contributed by atoms with van der Waals surface area (Å²) in [5, 5.41) is 2.06. The van der Waals surface area contributed by atoms with Gasteiger partial charge >= 0.3 is 0 Å². The molecule has 2 aliphatic rings. The summed E-state index contributed by atoms with van der Waals surface area (Å²) < 4.78 is 12.5. The molecule has 2 aromatic carbocycles. The number of hydrogen-bond donors (Lipinski definition) is 0. The Labute approximate surface area is 190 Å². The molecule has 1 amide bonds. The molecule has 0 bridgehead atoms. The number of benzene rings is 2. The van der Waals surface area contributed by atoms with Gasteiger partial charge in [-0.05, 0) is 49.1 Å². The van der Waals surface area contributed by atoms with Crippen LogP contribution in [0.4, 0.5) is 0 Å². The molecule has 1 aromatic heterocycles. The number of hydrogen-bond acceptors (Lipinski definition) is 6. The lowest BCUT2D eigenvalue weighted by atomic mass is 10.0. The zero-order chi connectivity index (χ0) is 21.2. The summed E-state index contributed by atoms with van der Waals surface area (Å²) >= 11 is 3.34. The summed E-state index contributed by atoms with van der Waals surface area (Å²) in [6, 6.07) is 14.1. The van der Waals surface area contributed by atoms with Crippen molar-refractivity contribution >= 4 is 29.0 Å². The van der Waals surface area contributed by atoms with Crippen LogP contribution in [0.1, 0.15) is 46.1 Å². The first-order valence-corrected chi connectivity index (χ1v) is 12.4. The highest BCUT2D eigenvalue weighted by molar-refractivity contribution is 8.00. The largest absolute Gasteiger partial charge is 0.486 e. The van der Waals surface area contributed by atoms with E-state index in [4.69, 9.17) is 9.47 Å². The first-order chi connectivity index (χ1) is 15.2. The van der Waals surface area contributed by atoms with E-state index in [0.29, 0.717) is 13.2 Å². The molecule has 0 N–H and O–H groups in total. The quantitative estimate of drug-likeness (QED) is 0.479. The van der Waals surface area contributed by atoms with E-state index in [-0.39, 0.29) is 11.9 Å². The van der Waals surface area contributed by atoms with Gasteiger partial charge in [-0.1, -0.05) is 36.0 Å². The molecule has 5 rings (SSSR count). The molecule has 0 aliphatic carbocycles. The first kappa shape index (κ1) is 20.4. The van der Waals surface area contributed by atoms with E-state index in [2.05, 4.69) is 22.5 Å². The van der Waals surface area contributed by atoms with Crippen molar-refractivity contribution < 1.29 is 14.3 Å². The van der Waals surface area contributed by atoms with Crippen LogP contribution >= 0.6 is 23.1 Å². The Kier molecular flexibility index (Phi) is 5.87. The fraction of sp³-hybridized carbons (Fsp3) is 0.333. The molecule has 1 fully saturated rings. The van der Waals surface area contributed by atoms with Crippen molar-refractivity contribution in [3.63, 3.8) is 0 Å². The minimum absolute atomic E-state index is 0.0608. The van der Waals surface area contributed by atoms with Crippen molar-refractivity contribution in [3.8, 4) is 11.5 Å². The Morgan fingerprint density at radius 2 is 2.03 bits per heavy atom. The van der Waals surface area contributed by atoms with Crippen LogP contribution in [0.15, 0.2) is 52.2 Å². The predicted octanol–water partition coefficient (Wildman–Crippen LogP) is 5.49. The smallest absolute Gasteiger partial charge is 0.254 e. The number of thioether (sulfide) groups is 1. The Morgan fingerprint density at radius 3 is 2.87 bits per heavy atom. The molecule has 2 aliphatic heterocycles. The summed E-state index contributed by atoms with van der Waals surface area (Å²) in [4.78, 5) is 20.1. The number of rotatable bonds is 5. The highest BCUT2D eigenvalue weighted by atomic mass is 32.2. The van der Waals surface area contributed by atoms with Crippen LogP contribution in [0, 0.1) is 6.92 Å². The van der Waals surface area contributed by atoms with Crippen molar-refractivity contribution in [2.24, 2.45) is 0 Å². The molecule has 0 spiro atoms.